The van der Waals surface area contributed by atoms with Gasteiger partial charge in [-0.05, 0) is 37.0 Å². The zero-order valence-electron chi connectivity index (χ0n) is 16.7. The Bertz CT molecular complexity index is 568. The van der Waals surface area contributed by atoms with Crippen LogP contribution >= 0.6 is 24.0 Å². The van der Waals surface area contributed by atoms with Gasteiger partial charge in [0.2, 0.25) is 0 Å². The minimum Gasteiger partial charge on any atom is -0.356 e. The fraction of sp³-hybridized carbons (Fsp3) is 0.619. The molecule has 27 heavy (non-hydrogen) atoms. The van der Waals surface area contributed by atoms with Crippen molar-refractivity contribution >= 4 is 35.8 Å². The number of unbranched alkanes of at least 4 members (excludes halogenated alkanes) is 1. The number of guanidine groups is 1. The lowest BCUT2D eigenvalue weighted by molar-refractivity contribution is 0.0956. The van der Waals surface area contributed by atoms with Gasteiger partial charge in [0.25, 0.3) is 5.91 Å². The van der Waals surface area contributed by atoms with Crippen LogP contribution in [0.4, 0.5) is 0 Å². The highest BCUT2D eigenvalue weighted by Gasteiger charge is 2.13. The maximum absolute atomic E-state index is 11.8. The number of halogens is 1. The summed E-state index contributed by atoms with van der Waals surface area (Å²) in [6, 6.07) is 7.68. The Labute approximate surface area is 181 Å². The summed E-state index contributed by atoms with van der Waals surface area (Å²) in [6.07, 6.45) is 9.62. The lowest BCUT2D eigenvalue weighted by Gasteiger charge is -2.13. The van der Waals surface area contributed by atoms with Gasteiger partial charge in [-0.25, -0.2) is 0 Å². The van der Waals surface area contributed by atoms with Gasteiger partial charge in [0.1, 0.15) is 0 Å². The lowest BCUT2D eigenvalue weighted by Crippen LogP contribution is -2.37. The number of amides is 1. The molecule has 1 amide bonds. The molecule has 1 aliphatic rings. The number of nitrogens with one attached hydrogen (secondary N) is 3. The molecule has 0 radical (unpaired) electrons. The minimum absolute atomic E-state index is 0. The molecular weight excluding hydrogens is 451 g/mol. The Hall–Kier alpha value is -1.31. The van der Waals surface area contributed by atoms with Crippen molar-refractivity contribution < 1.29 is 4.79 Å². The van der Waals surface area contributed by atoms with Crippen molar-refractivity contribution in [3.8, 4) is 0 Å². The van der Waals surface area contributed by atoms with E-state index in [1.54, 1.807) is 7.05 Å². The van der Waals surface area contributed by atoms with E-state index in [0.29, 0.717) is 18.7 Å². The number of aliphatic imine (C=N–C) groups is 1. The van der Waals surface area contributed by atoms with Crippen molar-refractivity contribution in [3.05, 3.63) is 35.4 Å². The molecule has 0 unspecified atom stereocenters. The Balaban J connectivity index is 0.00000364. The van der Waals surface area contributed by atoms with Crippen LogP contribution in [-0.4, -0.2) is 32.0 Å². The largest absolute Gasteiger partial charge is 0.356 e. The van der Waals surface area contributed by atoms with E-state index in [4.69, 9.17) is 0 Å². The Morgan fingerprint density at radius 2 is 1.78 bits per heavy atom. The first-order valence-electron chi connectivity index (χ1n) is 10.0. The van der Waals surface area contributed by atoms with Gasteiger partial charge in [0.05, 0.1) is 0 Å². The van der Waals surface area contributed by atoms with Gasteiger partial charge in [0.15, 0.2) is 5.96 Å². The second-order valence-corrected chi connectivity index (χ2v) is 7.06. The maximum Gasteiger partial charge on any atom is 0.251 e. The smallest absolute Gasteiger partial charge is 0.251 e. The predicted molar refractivity (Wildman–Crippen MR) is 124 cm³/mol. The number of hydrogen-bond donors (Lipinski definition) is 3. The first-order chi connectivity index (χ1) is 12.7. The maximum atomic E-state index is 11.8. The van der Waals surface area contributed by atoms with E-state index in [1.165, 1.54) is 44.9 Å². The van der Waals surface area contributed by atoms with Crippen LogP contribution in [0.2, 0.25) is 0 Å². The van der Waals surface area contributed by atoms with Crippen LogP contribution in [0.5, 0.6) is 0 Å². The zero-order valence-corrected chi connectivity index (χ0v) is 19.1. The van der Waals surface area contributed by atoms with Crippen LogP contribution in [0.25, 0.3) is 0 Å². The summed E-state index contributed by atoms with van der Waals surface area (Å²) in [7, 11) is 1.80. The molecular formula is C21H35IN4O. The average molecular weight is 486 g/mol. The number of carbonyl (C=O) groups is 1. The Morgan fingerprint density at radius 3 is 2.41 bits per heavy atom. The van der Waals surface area contributed by atoms with Gasteiger partial charge in [-0.1, -0.05) is 50.7 Å². The molecule has 1 aliphatic carbocycles. The molecule has 1 fully saturated rings. The van der Waals surface area contributed by atoms with E-state index in [2.05, 4.69) is 20.9 Å². The number of benzene rings is 1. The van der Waals surface area contributed by atoms with E-state index in [9.17, 15) is 4.79 Å². The van der Waals surface area contributed by atoms with Crippen LogP contribution in [-0.2, 0) is 6.54 Å². The second-order valence-electron chi connectivity index (χ2n) is 7.06. The van der Waals surface area contributed by atoms with Crippen LogP contribution in [0, 0.1) is 5.92 Å². The molecule has 0 aliphatic heterocycles. The van der Waals surface area contributed by atoms with Gasteiger partial charge < -0.3 is 16.0 Å². The topological polar surface area (TPSA) is 65.5 Å². The molecule has 0 bridgehead atoms. The van der Waals surface area contributed by atoms with Gasteiger partial charge in [-0.3, -0.25) is 9.79 Å². The lowest BCUT2D eigenvalue weighted by atomic mass is 10.0. The standard InChI is InChI=1S/C21H34N4O.HI/c1-3-23-20(26)19-13-11-18(12-14-19)16-25-21(22-2)24-15-7-6-10-17-8-4-5-9-17;/h11-14,17H,3-10,15-16H2,1-2H3,(H,23,26)(H2,22,24,25);1H. The highest BCUT2D eigenvalue weighted by atomic mass is 127. The first kappa shape index (κ1) is 23.7. The quantitative estimate of drug-likeness (QED) is 0.213. The molecule has 152 valence electrons. The number of carbonyl (C=O) groups excluding carboxylic acids is 1. The summed E-state index contributed by atoms with van der Waals surface area (Å²) >= 11 is 0. The molecule has 1 aromatic carbocycles. The fourth-order valence-corrected chi connectivity index (χ4v) is 3.51. The molecule has 1 saturated carbocycles. The summed E-state index contributed by atoms with van der Waals surface area (Å²) in [5.41, 5.74) is 1.82. The van der Waals surface area contributed by atoms with E-state index < -0.39 is 0 Å². The normalized spacial score (nSPS) is 14.5. The van der Waals surface area contributed by atoms with E-state index in [1.807, 2.05) is 31.2 Å². The summed E-state index contributed by atoms with van der Waals surface area (Å²) in [4.78, 5) is 16.0. The monoisotopic (exact) mass is 486 g/mol. The van der Waals surface area contributed by atoms with Crippen molar-refractivity contribution in [1.29, 1.82) is 0 Å². The Kier molecular flexibility index (Phi) is 12.1. The van der Waals surface area contributed by atoms with E-state index in [0.717, 1.165) is 24.0 Å². The van der Waals surface area contributed by atoms with Crippen molar-refractivity contribution in [3.63, 3.8) is 0 Å². The van der Waals surface area contributed by atoms with Crippen molar-refractivity contribution in [2.45, 2.75) is 58.4 Å². The molecule has 0 spiro atoms. The summed E-state index contributed by atoms with van der Waals surface area (Å²) in [5.74, 6) is 1.79. The molecule has 5 nitrogen and oxygen atoms in total. The van der Waals surface area contributed by atoms with Gasteiger partial charge in [-0.2, -0.15) is 0 Å². The van der Waals surface area contributed by atoms with Gasteiger partial charge >= 0.3 is 0 Å². The van der Waals surface area contributed by atoms with Crippen molar-refractivity contribution in [2.75, 3.05) is 20.1 Å². The third-order valence-electron chi connectivity index (χ3n) is 5.04. The van der Waals surface area contributed by atoms with Crippen molar-refractivity contribution in [1.82, 2.24) is 16.0 Å². The van der Waals surface area contributed by atoms with Gasteiger partial charge in [-0.15, -0.1) is 24.0 Å². The van der Waals surface area contributed by atoms with E-state index in [-0.39, 0.29) is 29.9 Å². The highest BCUT2D eigenvalue weighted by Crippen LogP contribution is 2.28. The third-order valence-corrected chi connectivity index (χ3v) is 5.04. The van der Waals surface area contributed by atoms with Crippen LogP contribution in [0.1, 0.15) is 67.8 Å². The number of hydrogen-bond acceptors (Lipinski definition) is 2. The molecule has 6 heteroatoms. The molecule has 0 aromatic heterocycles. The molecule has 3 N–H and O–H groups in total. The molecule has 0 heterocycles. The molecule has 2 rings (SSSR count). The zero-order chi connectivity index (χ0) is 18.6. The molecule has 0 atom stereocenters. The van der Waals surface area contributed by atoms with Gasteiger partial charge in [0, 0.05) is 32.2 Å². The average Bonchev–Trinajstić information content (AvgIpc) is 3.18. The first-order valence-corrected chi connectivity index (χ1v) is 10.0. The van der Waals surface area contributed by atoms with E-state index >= 15 is 0 Å². The minimum atomic E-state index is -0.0258. The summed E-state index contributed by atoms with van der Waals surface area (Å²) in [6.45, 7) is 4.22. The second kappa shape index (κ2) is 13.8. The highest BCUT2D eigenvalue weighted by molar-refractivity contribution is 14.0. The molecule has 0 saturated heterocycles. The number of nitrogens with zero attached hydrogens (tertiary/aromatic N) is 1. The van der Waals surface area contributed by atoms with Crippen LogP contribution in [0.3, 0.4) is 0 Å². The van der Waals surface area contributed by atoms with Crippen LogP contribution < -0.4 is 16.0 Å². The molecule has 1 aromatic rings. The van der Waals surface area contributed by atoms with Crippen molar-refractivity contribution in [2.24, 2.45) is 10.9 Å². The summed E-state index contributed by atoms with van der Waals surface area (Å²) in [5, 5.41) is 9.52. The van der Waals surface area contributed by atoms with Crippen LogP contribution in [0.15, 0.2) is 29.3 Å². The fourth-order valence-electron chi connectivity index (χ4n) is 3.51. The Morgan fingerprint density at radius 1 is 1.07 bits per heavy atom. The summed E-state index contributed by atoms with van der Waals surface area (Å²) < 4.78 is 0. The third kappa shape index (κ3) is 8.95. The predicted octanol–water partition coefficient (Wildman–Crippen LogP) is 4.08. The SMILES string of the molecule is CCNC(=O)c1ccc(CNC(=NC)NCCCCC2CCCC2)cc1.I. The number of rotatable bonds is 9.